The second-order valence-electron chi connectivity index (χ2n) is 5.60. The van der Waals surface area contributed by atoms with Gasteiger partial charge in [0.2, 0.25) is 0 Å². The Hall–Kier alpha value is -1.37. The monoisotopic (exact) mass is 243 g/mol. The van der Waals surface area contributed by atoms with Crippen LogP contribution >= 0.6 is 0 Å². The number of hydrogen-bond donors (Lipinski definition) is 1. The second-order valence-corrected chi connectivity index (χ2v) is 5.60. The van der Waals surface area contributed by atoms with E-state index in [2.05, 4.69) is 43.1 Å². The molecule has 0 aliphatic carbocycles. The Morgan fingerprint density at radius 2 is 2.22 bits per heavy atom. The van der Waals surface area contributed by atoms with Gasteiger partial charge in [-0.05, 0) is 38.5 Å². The number of nitrogens with one attached hydrogen (secondary N) is 1. The molecule has 0 aromatic heterocycles. The van der Waals surface area contributed by atoms with Crippen molar-refractivity contribution in [2.75, 3.05) is 19.6 Å². The Labute approximate surface area is 109 Å². The molecule has 0 spiro atoms. The van der Waals surface area contributed by atoms with Crippen molar-refractivity contribution in [1.29, 1.82) is 5.26 Å². The molecular formula is C15H21N3. The Balaban J connectivity index is 2.24. The maximum Gasteiger partial charge on any atom is 0.0991 e. The van der Waals surface area contributed by atoms with E-state index < -0.39 is 0 Å². The molecule has 0 radical (unpaired) electrons. The highest BCUT2D eigenvalue weighted by atomic mass is 15.3. The molecule has 3 nitrogen and oxygen atoms in total. The van der Waals surface area contributed by atoms with Crippen LogP contribution in [-0.4, -0.2) is 30.1 Å². The number of hydrogen-bond acceptors (Lipinski definition) is 3. The molecule has 96 valence electrons. The zero-order valence-corrected chi connectivity index (χ0v) is 11.4. The fourth-order valence-electron chi connectivity index (χ4n) is 2.76. The molecule has 0 bridgehead atoms. The predicted molar refractivity (Wildman–Crippen MR) is 73.2 cm³/mol. The quantitative estimate of drug-likeness (QED) is 0.866. The molecule has 1 unspecified atom stereocenters. The van der Waals surface area contributed by atoms with E-state index in [0.717, 1.165) is 25.2 Å². The third-order valence-electron chi connectivity index (χ3n) is 3.83. The van der Waals surface area contributed by atoms with Crippen LogP contribution in [0.3, 0.4) is 0 Å². The molecular weight excluding hydrogens is 222 g/mol. The maximum atomic E-state index is 8.98. The summed E-state index contributed by atoms with van der Waals surface area (Å²) in [5, 5.41) is 12.4. The summed E-state index contributed by atoms with van der Waals surface area (Å²) in [6.07, 6.45) is 0. The molecule has 1 aliphatic heterocycles. The number of nitriles is 1. The lowest BCUT2D eigenvalue weighted by Crippen LogP contribution is -2.58. The molecule has 2 rings (SSSR count). The fourth-order valence-corrected chi connectivity index (χ4v) is 2.76. The first-order chi connectivity index (χ1) is 8.54. The summed E-state index contributed by atoms with van der Waals surface area (Å²) in [5.74, 6) is 0. The highest BCUT2D eigenvalue weighted by molar-refractivity contribution is 5.34. The number of benzene rings is 1. The summed E-state index contributed by atoms with van der Waals surface area (Å²) in [4.78, 5) is 2.51. The number of nitrogens with zero attached hydrogens (tertiary/aromatic N) is 2. The van der Waals surface area contributed by atoms with Crippen molar-refractivity contribution in [3.05, 3.63) is 35.4 Å². The van der Waals surface area contributed by atoms with Gasteiger partial charge < -0.3 is 5.32 Å². The van der Waals surface area contributed by atoms with E-state index in [1.54, 1.807) is 0 Å². The van der Waals surface area contributed by atoms with Crippen LogP contribution in [0.1, 0.15) is 37.9 Å². The maximum absolute atomic E-state index is 8.98. The molecule has 3 heteroatoms. The van der Waals surface area contributed by atoms with Gasteiger partial charge in [0.15, 0.2) is 0 Å². The first kappa shape index (κ1) is 13.1. The molecule has 1 heterocycles. The fraction of sp³-hybridized carbons (Fsp3) is 0.533. The van der Waals surface area contributed by atoms with E-state index in [9.17, 15) is 0 Å². The van der Waals surface area contributed by atoms with Crippen LogP contribution in [0.4, 0.5) is 0 Å². The van der Waals surface area contributed by atoms with Crippen LogP contribution in [-0.2, 0) is 0 Å². The van der Waals surface area contributed by atoms with E-state index in [1.165, 1.54) is 5.56 Å². The first-order valence-electron chi connectivity index (χ1n) is 6.52. The van der Waals surface area contributed by atoms with E-state index in [4.69, 9.17) is 5.26 Å². The molecule has 1 fully saturated rings. The first-order valence-corrected chi connectivity index (χ1v) is 6.52. The van der Waals surface area contributed by atoms with Crippen molar-refractivity contribution >= 4 is 0 Å². The zero-order chi connectivity index (χ0) is 13.2. The van der Waals surface area contributed by atoms with Gasteiger partial charge in [-0.3, -0.25) is 4.90 Å². The largest absolute Gasteiger partial charge is 0.314 e. The summed E-state index contributed by atoms with van der Waals surface area (Å²) >= 11 is 0. The lowest BCUT2D eigenvalue weighted by atomic mass is 9.94. The second kappa shape index (κ2) is 5.09. The van der Waals surface area contributed by atoms with Gasteiger partial charge in [0.05, 0.1) is 11.6 Å². The highest BCUT2D eigenvalue weighted by Crippen LogP contribution is 2.29. The van der Waals surface area contributed by atoms with Crippen molar-refractivity contribution in [1.82, 2.24) is 10.2 Å². The Kier molecular flexibility index (Phi) is 3.70. The number of piperazine rings is 1. The molecule has 1 aromatic rings. The van der Waals surface area contributed by atoms with Crippen molar-refractivity contribution in [3.63, 3.8) is 0 Å². The minimum absolute atomic E-state index is 0.153. The lowest BCUT2D eigenvalue weighted by Gasteiger charge is -2.46. The van der Waals surface area contributed by atoms with Gasteiger partial charge in [-0.15, -0.1) is 0 Å². The Morgan fingerprint density at radius 3 is 2.89 bits per heavy atom. The van der Waals surface area contributed by atoms with Crippen LogP contribution in [0, 0.1) is 11.3 Å². The van der Waals surface area contributed by atoms with Gasteiger partial charge in [-0.2, -0.15) is 5.26 Å². The minimum Gasteiger partial charge on any atom is -0.314 e. The van der Waals surface area contributed by atoms with Crippen LogP contribution in [0.2, 0.25) is 0 Å². The topological polar surface area (TPSA) is 39.1 Å². The molecule has 0 amide bonds. The van der Waals surface area contributed by atoms with Crippen LogP contribution in [0.25, 0.3) is 0 Å². The molecule has 0 saturated carbocycles. The summed E-state index contributed by atoms with van der Waals surface area (Å²) in [7, 11) is 0. The van der Waals surface area contributed by atoms with Gasteiger partial charge in [0.1, 0.15) is 0 Å². The minimum atomic E-state index is 0.153. The van der Waals surface area contributed by atoms with Crippen LogP contribution < -0.4 is 5.32 Å². The molecule has 1 aromatic carbocycles. The Bertz CT molecular complexity index is 459. The van der Waals surface area contributed by atoms with Gasteiger partial charge in [0, 0.05) is 31.2 Å². The van der Waals surface area contributed by atoms with E-state index in [1.807, 2.05) is 18.2 Å². The van der Waals surface area contributed by atoms with Crippen molar-refractivity contribution < 1.29 is 0 Å². The summed E-state index contributed by atoms with van der Waals surface area (Å²) in [5.41, 5.74) is 2.12. The molecule has 1 N–H and O–H groups in total. The van der Waals surface area contributed by atoms with Crippen LogP contribution in [0.5, 0.6) is 0 Å². The SMILES string of the molecule is CC(c1cccc(C#N)c1)N1CCNCC1(C)C. The zero-order valence-electron chi connectivity index (χ0n) is 11.4. The predicted octanol–water partition coefficient (Wildman–Crippen LogP) is 2.30. The van der Waals surface area contributed by atoms with Crippen molar-refractivity contribution in [3.8, 4) is 6.07 Å². The number of rotatable bonds is 2. The standard InChI is InChI=1S/C15H21N3/c1-12(14-6-4-5-13(9-14)10-16)18-8-7-17-11-15(18,2)3/h4-6,9,12,17H,7-8,11H2,1-3H3. The average Bonchev–Trinajstić information content (AvgIpc) is 2.37. The third kappa shape index (κ3) is 2.55. The summed E-state index contributed by atoms with van der Waals surface area (Å²) in [6, 6.07) is 10.5. The van der Waals surface area contributed by atoms with E-state index in [0.29, 0.717) is 6.04 Å². The van der Waals surface area contributed by atoms with Gasteiger partial charge in [-0.25, -0.2) is 0 Å². The smallest absolute Gasteiger partial charge is 0.0991 e. The highest BCUT2D eigenvalue weighted by Gasteiger charge is 2.33. The molecule has 18 heavy (non-hydrogen) atoms. The van der Waals surface area contributed by atoms with Gasteiger partial charge in [0.25, 0.3) is 0 Å². The molecule has 1 saturated heterocycles. The Morgan fingerprint density at radius 1 is 1.44 bits per heavy atom. The van der Waals surface area contributed by atoms with E-state index >= 15 is 0 Å². The normalized spacial score (nSPS) is 21.2. The van der Waals surface area contributed by atoms with Crippen molar-refractivity contribution in [2.24, 2.45) is 0 Å². The summed E-state index contributed by atoms with van der Waals surface area (Å²) < 4.78 is 0. The molecule has 1 aliphatic rings. The molecule has 1 atom stereocenters. The van der Waals surface area contributed by atoms with Crippen LogP contribution in [0.15, 0.2) is 24.3 Å². The third-order valence-corrected chi connectivity index (χ3v) is 3.83. The summed E-state index contributed by atoms with van der Waals surface area (Å²) in [6.45, 7) is 9.85. The van der Waals surface area contributed by atoms with Crippen molar-refractivity contribution in [2.45, 2.75) is 32.4 Å². The van der Waals surface area contributed by atoms with E-state index in [-0.39, 0.29) is 5.54 Å². The lowest BCUT2D eigenvalue weighted by molar-refractivity contribution is 0.0516. The van der Waals surface area contributed by atoms with Gasteiger partial charge in [-0.1, -0.05) is 12.1 Å². The van der Waals surface area contributed by atoms with Gasteiger partial charge >= 0.3 is 0 Å². The average molecular weight is 243 g/mol.